The normalized spacial score (nSPS) is 16.6. The Balaban J connectivity index is 1.42. The molecule has 5 heteroatoms. The van der Waals surface area contributed by atoms with Gasteiger partial charge in [0.25, 0.3) is 0 Å². The molecule has 138 valence electrons. The fraction of sp³-hybridized carbons (Fsp3) is 0.318. The molecule has 27 heavy (non-hydrogen) atoms. The minimum atomic E-state index is 0.172. The Labute approximate surface area is 159 Å². The van der Waals surface area contributed by atoms with E-state index in [9.17, 15) is 4.79 Å². The third kappa shape index (κ3) is 3.77. The number of para-hydroxylation sites is 2. The number of ether oxygens (including phenoxy) is 1. The molecule has 5 nitrogen and oxygen atoms in total. The maximum absolute atomic E-state index is 12.7. The van der Waals surface area contributed by atoms with E-state index < -0.39 is 0 Å². The molecule has 1 aliphatic rings. The molecule has 0 aliphatic carbocycles. The molecule has 2 aromatic carbocycles. The Bertz CT molecular complexity index is 943. The quantitative estimate of drug-likeness (QED) is 0.697. The summed E-state index contributed by atoms with van der Waals surface area (Å²) >= 11 is 0. The van der Waals surface area contributed by atoms with Crippen molar-refractivity contribution in [2.45, 2.75) is 25.2 Å². The molecule has 4 rings (SSSR count). The lowest BCUT2D eigenvalue weighted by Gasteiger charge is -2.17. The molecule has 1 saturated heterocycles. The number of benzene rings is 2. The van der Waals surface area contributed by atoms with Crippen molar-refractivity contribution in [3.8, 4) is 5.88 Å². The highest BCUT2D eigenvalue weighted by Crippen LogP contribution is 2.28. The number of amides is 1. The maximum atomic E-state index is 12.7. The van der Waals surface area contributed by atoms with Crippen LogP contribution in [0.15, 0.2) is 54.6 Å². The van der Waals surface area contributed by atoms with Gasteiger partial charge in [0.05, 0.1) is 18.1 Å². The van der Waals surface area contributed by atoms with Crippen LogP contribution in [0.4, 0.5) is 0 Å². The number of carbonyl (C=O) groups excluding carboxylic acids is 1. The Kier molecular flexibility index (Phi) is 5.01. The SMILES string of the molecule is COc1nc2ccccc2nc1CCC(=O)N1CC[C@@H](c2ccccc2)C1. The van der Waals surface area contributed by atoms with Gasteiger partial charge in [0.15, 0.2) is 0 Å². The van der Waals surface area contributed by atoms with Crippen LogP contribution >= 0.6 is 0 Å². The number of aryl methyl sites for hydroxylation is 1. The predicted molar refractivity (Wildman–Crippen MR) is 105 cm³/mol. The van der Waals surface area contributed by atoms with E-state index in [1.54, 1.807) is 7.11 Å². The van der Waals surface area contributed by atoms with Crippen LogP contribution in [-0.2, 0) is 11.2 Å². The molecule has 0 N–H and O–H groups in total. The number of hydrogen-bond acceptors (Lipinski definition) is 4. The van der Waals surface area contributed by atoms with E-state index in [1.165, 1.54) is 5.56 Å². The molecule has 3 aromatic rings. The second-order valence-electron chi connectivity index (χ2n) is 6.90. The highest BCUT2D eigenvalue weighted by molar-refractivity contribution is 5.77. The van der Waals surface area contributed by atoms with Crippen molar-refractivity contribution in [2.75, 3.05) is 20.2 Å². The molecule has 1 aromatic heterocycles. The van der Waals surface area contributed by atoms with E-state index in [4.69, 9.17) is 4.74 Å². The van der Waals surface area contributed by atoms with E-state index >= 15 is 0 Å². The summed E-state index contributed by atoms with van der Waals surface area (Å²) in [7, 11) is 1.59. The fourth-order valence-corrected chi connectivity index (χ4v) is 3.71. The average Bonchev–Trinajstić information content (AvgIpc) is 3.22. The first-order valence-corrected chi connectivity index (χ1v) is 9.37. The number of fused-ring (bicyclic) bond motifs is 1. The second kappa shape index (κ2) is 7.74. The lowest BCUT2D eigenvalue weighted by Crippen LogP contribution is -2.28. The Morgan fingerprint density at radius 3 is 2.52 bits per heavy atom. The van der Waals surface area contributed by atoms with E-state index in [-0.39, 0.29) is 5.91 Å². The van der Waals surface area contributed by atoms with Crippen LogP contribution in [0.5, 0.6) is 5.88 Å². The molecular weight excluding hydrogens is 338 g/mol. The molecular formula is C22H23N3O2. The molecule has 1 amide bonds. The number of methoxy groups -OCH3 is 1. The molecule has 0 unspecified atom stereocenters. The second-order valence-corrected chi connectivity index (χ2v) is 6.90. The lowest BCUT2D eigenvalue weighted by molar-refractivity contribution is -0.130. The molecule has 1 fully saturated rings. The van der Waals surface area contributed by atoms with Crippen LogP contribution in [0, 0.1) is 0 Å². The monoisotopic (exact) mass is 361 g/mol. The fourth-order valence-electron chi connectivity index (χ4n) is 3.71. The number of carbonyl (C=O) groups is 1. The lowest BCUT2D eigenvalue weighted by atomic mass is 9.99. The molecule has 1 aliphatic heterocycles. The average molecular weight is 361 g/mol. The molecule has 0 saturated carbocycles. The summed E-state index contributed by atoms with van der Waals surface area (Å²) in [6.45, 7) is 1.61. The zero-order valence-electron chi connectivity index (χ0n) is 15.5. The van der Waals surface area contributed by atoms with Gasteiger partial charge in [-0.3, -0.25) is 4.79 Å². The van der Waals surface area contributed by atoms with Crippen LogP contribution in [-0.4, -0.2) is 41.0 Å². The first kappa shape index (κ1) is 17.5. The highest BCUT2D eigenvalue weighted by atomic mass is 16.5. The largest absolute Gasteiger partial charge is 0.480 e. The zero-order valence-corrected chi connectivity index (χ0v) is 15.5. The third-order valence-electron chi connectivity index (χ3n) is 5.19. The maximum Gasteiger partial charge on any atom is 0.235 e. The number of rotatable bonds is 5. The van der Waals surface area contributed by atoms with Crippen molar-refractivity contribution < 1.29 is 9.53 Å². The molecule has 0 spiro atoms. The number of likely N-dealkylation sites (tertiary alicyclic amines) is 1. The van der Waals surface area contributed by atoms with Gasteiger partial charge in [0.1, 0.15) is 5.69 Å². The highest BCUT2D eigenvalue weighted by Gasteiger charge is 2.27. The van der Waals surface area contributed by atoms with Crippen molar-refractivity contribution in [1.82, 2.24) is 14.9 Å². The van der Waals surface area contributed by atoms with Crippen LogP contribution in [0.3, 0.4) is 0 Å². The van der Waals surface area contributed by atoms with E-state index in [0.29, 0.717) is 24.6 Å². The van der Waals surface area contributed by atoms with Gasteiger partial charge in [-0.25, -0.2) is 9.97 Å². The van der Waals surface area contributed by atoms with Gasteiger partial charge in [-0.2, -0.15) is 0 Å². The Hall–Kier alpha value is -2.95. The molecule has 2 heterocycles. The van der Waals surface area contributed by atoms with Crippen LogP contribution < -0.4 is 4.74 Å². The van der Waals surface area contributed by atoms with Gasteiger partial charge < -0.3 is 9.64 Å². The third-order valence-corrected chi connectivity index (χ3v) is 5.19. The molecule has 0 radical (unpaired) electrons. The molecule has 1 atom stereocenters. The van der Waals surface area contributed by atoms with E-state index in [2.05, 4.69) is 34.2 Å². The van der Waals surface area contributed by atoms with Crippen molar-refractivity contribution in [2.24, 2.45) is 0 Å². The summed E-state index contributed by atoms with van der Waals surface area (Å²) in [6.07, 6.45) is 1.98. The van der Waals surface area contributed by atoms with Crippen LogP contribution in [0.1, 0.15) is 30.0 Å². The Morgan fingerprint density at radius 1 is 1.07 bits per heavy atom. The summed E-state index contributed by atoms with van der Waals surface area (Å²) in [4.78, 5) is 23.8. The van der Waals surface area contributed by atoms with Gasteiger partial charge in [-0.05, 0) is 24.1 Å². The van der Waals surface area contributed by atoms with Gasteiger partial charge in [-0.1, -0.05) is 42.5 Å². The van der Waals surface area contributed by atoms with E-state index in [1.807, 2.05) is 35.2 Å². The summed E-state index contributed by atoms with van der Waals surface area (Å²) < 4.78 is 5.39. The van der Waals surface area contributed by atoms with Gasteiger partial charge >= 0.3 is 0 Å². The summed E-state index contributed by atoms with van der Waals surface area (Å²) in [5.41, 5.74) is 3.68. The van der Waals surface area contributed by atoms with Gasteiger partial charge in [0.2, 0.25) is 11.8 Å². The molecule has 0 bridgehead atoms. The van der Waals surface area contributed by atoms with Crippen molar-refractivity contribution in [3.05, 3.63) is 65.9 Å². The standard InChI is InChI=1S/C22H23N3O2/c1-27-22-20(23-18-9-5-6-10-19(18)24-22)11-12-21(26)25-14-13-17(15-25)16-7-3-2-4-8-16/h2-10,17H,11-15H2,1H3/t17-/m1/s1. The topological polar surface area (TPSA) is 55.3 Å². The number of hydrogen-bond donors (Lipinski definition) is 0. The van der Waals surface area contributed by atoms with Crippen molar-refractivity contribution in [1.29, 1.82) is 0 Å². The smallest absolute Gasteiger partial charge is 0.235 e. The summed E-state index contributed by atoms with van der Waals surface area (Å²) in [5.74, 6) is 1.11. The van der Waals surface area contributed by atoms with E-state index in [0.717, 1.165) is 36.2 Å². The zero-order chi connectivity index (χ0) is 18.6. The van der Waals surface area contributed by atoms with Crippen LogP contribution in [0.25, 0.3) is 11.0 Å². The van der Waals surface area contributed by atoms with Gasteiger partial charge in [0, 0.05) is 31.8 Å². The summed E-state index contributed by atoms with van der Waals surface area (Å²) in [6, 6.07) is 18.1. The number of nitrogens with zero attached hydrogens (tertiary/aromatic N) is 3. The van der Waals surface area contributed by atoms with Crippen molar-refractivity contribution in [3.63, 3.8) is 0 Å². The Morgan fingerprint density at radius 2 is 1.78 bits per heavy atom. The van der Waals surface area contributed by atoms with Crippen molar-refractivity contribution >= 4 is 16.9 Å². The first-order valence-electron chi connectivity index (χ1n) is 9.37. The van der Waals surface area contributed by atoms with Crippen LogP contribution in [0.2, 0.25) is 0 Å². The van der Waals surface area contributed by atoms with Gasteiger partial charge in [-0.15, -0.1) is 0 Å². The minimum absolute atomic E-state index is 0.172. The minimum Gasteiger partial charge on any atom is -0.480 e. The summed E-state index contributed by atoms with van der Waals surface area (Å²) in [5, 5.41) is 0. The number of aromatic nitrogens is 2. The predicted octanol–water partition coefficient (Wildman–Crippen LogP) is 3.59. The first-order chi connectivity index (χ1) is 13.2.